The maximum atomic E-state index is 13.0. The molecule has 8 heteroatoms. The molecule has 0 aliphatic rings. The summed E-state index contributed by atoms with van der Waals surface area (Å²) in [5.41, 5.74) is 0.816. The summed E-state index contributed by atoms with van der Waals surface area (Å²) in [6, 6.07) is 11.6. The van der Waals surface area contributed by atoms with Crippen molar-refractivity contribution in [3.05, 3.63) is 62.5 Å². The number of hydrogen-bond donors (Lipinski definition) is 1. The van der Waals surface area contributed by atoms with Gasteiger partial charge in [0, 0.05) is 22.1 Å². The lowest BCUT2D eigenvalue weighted by Crippen LogP contribution is -2.50. The first-order valence-electron chi connectivity index (χ1n) is 9.09. The maximum Gasteiger partial charge on any atom is 0.261 e. The van der Waals surface area contributed by atoms with E-state index < -0.39 is 6.04 Å². The molecule has 2 aromatic carbocycles. The number of hydrogen-bond acceptors (Lipinski definition) is 3. The number of halogens is 3. The highest BCUT2D eigenvalue weighted by molar-refractivity contribution is 9.10. The van der Waals surface area contributed by atoms with Crippen molar-refractivity contribution < 1.29 is 14.3 Å². The highest BCUT2D eigenvalue weighted by Gasteiger charge is 2.27. The Balaban J connectivity index is 2.17. The van der Waals surface area contributed by atoms with Crippen LogP contribution in [0.3, 0.4) is 0 Å². The number of carbonyl (C=O) groups excluding carboxylic acids is 2. The third kappa shape index (κ3) is 7.21. The fraction of sp³-hybridized carbons (Fsp3) is 0.333. The summed E-state index contributed by atoms with van der Waals surface area (Å²) in [5.74, 6) is -0.183. The highest BCUT2D eigenvalue weighted by Crippen LogP contribution is 2.27. The van der Waals surface area contributed by atoms with Gasteiger partial charge in [-0.05, 0) is 56.7 Å². The number of carbonyl (C=O) groups is 2. The molecule has 0 saturated carbocycles. The zero-order valence-electron chi connectivity index (χ0n) is 16.4. The van der Waals surface area contributed by atoms with Gasteiger partial charge in [-0.3, -0.25) is 9.59 Å². The molecule has 1 atom stereocenters. The van der Waals surface area contributed by atoms with E-state index in [1.807, 2.05) is 19.9 Å². The van der Waals surface area contributed by atoms with Crippen molar-refractivity contribution in [3.63, 3.8) is 0 Å². The van der Waals surface area contributed by atoms with E-state index >= 15 is 0 Å². The SMILES string of the molecule is CC(C)NC(=O)[C@H](C)N(Cc1cccc(Cl)c1)C(=O)COc1ccc(Br)cc1Cl. The van der Waals surface area contributed by atoms with E-state index in [9.17, 15) is 9.59 Å². The third-order valence-electron chi connectivity index (χ3n) is 4.09. The average molecular weight is 502 g/mol. The smallest absolute Gasteiger partial charge is 0.261 e. The molecule has 2 amide bonds. The van der Waals surface area contributed by atoms with Crippen molar-refractivity contribution in [2.45, 2.75) is 39.4 Å². The molecule has 1 N–H and O–H groups in total. The third-order valence-corrected chi connectivity index (χ3v) is 5.11. The van der Waals surface area contributed by atoms with Crippen molar-refractivity contribution in [1.82, 2.24) is 10.2 Å². The van der Waals surface area contributed by atoms with Gasteiger partial charge in [0.2, 0.25) is 5.91 Å². The monoisotopic (exact) mass is 500 g/mol. The van der Waals surface area contributed by atoms with Crippen molar-refractivity contribution >= 4 is 50.9 Å². The molecule has 0 unspecified atom stereocenters. The highest BCUT2D eigenvalue weighted by atomic mass is 79.9. The van der Waals surface area contributed by atoms with E-state index in [0.29, 0.717) is 15.8 Å². The molecule has 0 heterocycles. The Morgan fingerprint density at radius 2 is 1.86 bits per heavy atom. The van der Waals surface area contributed by atoms with Gasteiger partial charge in [0.05, 0.1) is 5.02 Å². The normalized spacial score (nSPS) is 11.8. The van der Waals surface area contributed by atoms with Crippen molar-refractivity contribution in [3.8, 4) is 5.75 Å². The standard InChI is InChI=1S/C21H23BrCl2N2O3/c1-13(2)25-21(28)14(3)26(11-15-5-4-6-17(23)9-15)20(27)12-29-19-8-7-16(22)10-18(19)24/h4-10,13-14H,11-12H2,1-3H3,(H,25,28)/t14-/m0/s1. The van der Waals surface area contributed by atoms with Gasteiger partial charge < -0.3 is 15.0 Å². The summed E-state index contributed by atoms with van der Waals surface area (Å²) in [7, 11) is 0. The minimum absolute atomic E-state index is 0.0362. The quantitative estimate of drug-likeness (QED) is 0.548. The zero-order valence-corrected chi connectivity index (χ0v) is 19.5. The van der Waals surface area contributed by atoms with E-state index in [4.69, 9.17) is 27.9 Å². The molecular formula is C21H23BrCl2N2O3. The van der Waals surface area contributed by atoms with Crippen LogP contribution in [-0.2, 0) is 16.1 Å². The number of ether oxygens (including phenoxy) is 1. The van der Waals surface area contributed by atoms with E-state index in [0.717, 1.165) is 10.0 Å². The largest absolute Gasteiger partial charge is 0.482 e. The molecule has 5 nitrogen and oxygen atoms in total. The van der Waals surface area contributed by atoms with E-state index in [2.05, 4.69) is 21.2 Å². The van der Waals surface area contributed by atoms with Gasteiger partial charge in [-0.1, -0.05) is 51.3 Å². The van der Waals surface area contributed by atoms with Crippen molar-refractivity contribution in [2.24, 2.45) is 0 Å². The van der Waals surface area contributed by atoms with Crippen LogP contribution in [0.15, 0.2) is 46.9 Å². The second-order valence-electron chi connectivity index (χ2n) is 6.85. The molecule has 0 spiro atoms. The van der Waals surface area contributed by atoms with Crippen LogP contribution in [0.25, 0.3) is 0 Å². The van der Waals surface area contributed by atoms with Crippen LogP contribution in [0.5, 0.6) is 5.75 Å². The van der Waals surface area contributed by atoms with Gasteiger partial charge in [-0.2, -0.15) is 0 Å². The minimum Gasteiger partial charge on any atom is -0.482 e. The Morgan fingerprint density at radius 3 is 2.48 bits per heavy atom. The Kier molecular flexibility index (Phi) is 8.80. The van der Waals surface area contributed by atoms with E-state index in [1.54, 1.807) is 43.3 Å². The Labute approximate surface area is 189 Å². The summed E-state index contributed by atoms with van der Waals surface area (Å²) in [4.78, 5) is 26.9. The summed E-state index contributed by atoms with van der Waals surface area (Å²) in [6.07, 6.45) is 0. The summed E-state index contributed by atoms with van der Waals surface area (Å²) < 4.78 is 6.41. The Bertz CT molecular complexity index is 877. The van der Waals surface area contributed by atoms with Crippen molar-refractivity contribution in [1.29, 1.82) is 0 Å². The molecule has 0 aliphatic heterocycles. The summed E-state index contributed by atoms with van der Waals surface area (Å²) in [6.45, 7) is 5.40. The van der Waals surface area contributed by atoms with Crippen LogP contribution in [0.4, 0.5) is 0 Å². The predicted molar refractivity (Wildman–Crippen MR) is 119 cm³/mol. The van der Waals surface area contributed by atoms with E-state index in [1.165, 1.54) is 4.90 Å². The predicted octanol–water partition coefficient (Wildman–Crippen LogP) is 5.08. The molecule has 0 radical (unpaired) electrons. The number of benzene rings is 2. The van der Waals surface area contributed by atoms with Crippen LogP contribution in [0.1, 0.15) is 26.3 Å². The average Bonchev–Trinajstić information content (AvgIpc) is 2.64. The zero-order chi connectivity index (χ0) is 21.6. The lowest BCUT2D eigenvalue weighted by Gasteiger charge is -2.29. The first kappa shape index (κ1) is 23.5. The molecule has 0 aromatic heterocycles. The van der Waals surface area contributed by atoms with Gasteiger partial charge in [-0.15, -0.1) is 0 Å². The van der Waals surface area contributed by atoms with Crippen LogP contribution >= 0.6 is 39.1 Å². The topological polar surface area (TPSA) is 58.6 Å². The van der Waals surface area contributed by atoms with Gasteiger partial charge >= 0.3 is 0 Å². The van der Waals surface area contributed by atoms with Crippen LogP contribution in [0.2, 0.25) is 10.0 Å². The number of amides is 2. The lowest BCUT2D eigenvalue weighted by atomic mass is 10.1. The van der Waals surface area contributed by atoms with E-state index in [-0.39, 0.29) is 31.0 Å². The number of nitrogens with one attached hydrogen (secondary N) is 1. The van der Waals surface area contributed by atoms with Crippen molar-refractivity contribution in [2.75, 3.05) is 6.61 Å². The lowest BCUT2D eigenvalue weighted by molar-refractivity contribution is -0.142. The molecule has 0 fully saturated rings. The second kappa shape index (κ2) is 10.9. The minimum atomic E-state index is -0.687. The van der Waals surface area contributed by atoms with Gasteiger partial charge in [-0.25, -0.2) is 0 Å². The summed E-state index contributed by atoms with van der Waals surface area (Å²) in [5, 5.41) is 3.79. The Morgan fingerprint density at radius 1 is 1.14 bits per heavy atom. The molecule has 156 valence electrons. The first-order chi connectivity index (χ1) is 13.7. The number of nitrogens with zero attached hydrogens (tertiary/aromatic N) is 1. The fourth-order valence-electron chi connectivity index (χ4n) is 2.63. The molecule has 2 aromatic rings. The van der Waals surface area contributed by atoms with Gasteiger partial charge in [0.1, 0.15) is 11.8 Å². The van der Waals surface area contributed by atoms with Gasteiger partial charge in [0.15, 0.2) is 6.61 Å². The molecule has 0 aliphatic carbocycles. The molecule has 29 heavy (non-hydrogen) atoms. The van der Waals surface area contributed by atoms with Crippen LogP contribution in [-0.4, -0.2) is 35.4 Å². The molecule has 0 bridgehead atoms. The summed E-state index contributed by atoms with van der Waals surface area (Å²) >= 11 is 15.5. The van der Waals surface area contributed by atoms with Gasteiger partial charge in [0.25, 0.3) is 5.91 Å². The maximum absolute atomic E-state index is 13.0. The second-order valence-corrected chi connectivity index (χ2v) is 8.61. The first-order valence-corrected chi connectivity index (χ1v) is 10.6. The Hall–Kier alpha value is -1.76. The molecule has 0 saturated heterocycles. The molecule has 2 rings (SSSR count). The fourth-order valence-corrected chi connectivity index (χ4v) is 3.58. The van der Waals surface area contributed by atoms with Crippen LogP contribution < -0.4 is 10.1 Å². The van der Waals surface area contributed by atoms with Crippen LogP contribution in [0, 0.1) is 0 Å². The molecular weight excluding hydrogens is 479 g/mol. The number of rotatable bonds is 8.